The first-order valence-corrected chi connectivity index (χ1v) is 7.76. The molecule has 1 amide bonds. The van der Waals surface area contributed by atoms with Crippen molar-refractivity contribution < 1.29 is 9.90 Å². The highest BCUT2D eigenvalue weighted by molar-refractivity contribution is 6.00. The summed E-state index contributed by atoms with van der Waals surface area (Å²) in [5, 5.41) is 13.3. The second kappa shape index (κ2) is 5.24. The molecule has 0 unspecified atom stereocenters. The van der Waals surface area contributed by atoms with Gasteiger partial charge in [0.2, 0.25) is 0 Å². The molecule has 2 aliphatic heterocycles. The summed E-state index contributed by atoms with van der Waals surface area (Å²) >= 11 is 0. The number of aliphatic hydroxyl groups excluding tert-OH is 1. The van der Waals surface area contributed by atoms with Crippen molar-refractivity contribution >= 4 is 17.4 Å². The third-order valence-corrected chi connectivity index (χ3v) is 4.52. The van der Waals surface area contributed by atoms with E-state index in [0.717, 1.165) is 18.9 Å². The molecule has 116 valence electrons. The van der Waals surface area contributed by atoms with Crippen LogP contribution in [-0.2, 0) is 0 Å². The van der Waals surface area contributed by atoms with Crippen molar-refractivity contribution in [2.75, 3.05) is 37.7 Å². The maximum Gasteiger partial charge on any atom is 0.259 e. The van der Waals surface area contributed by atoms with Crippen molar-refractivity contribution in [2.45, 2.75) is 12.8 Å². The number of hydrogen-bond acceptors (Lipinski definition) is 5. The molecule has 0 radical (unpaired) electrons. The molecule has 0 spiro atoms. The van der Waals surface area contributed by atoms with Gasteiger partial charge in [-0.2, -0.15) is 5.10 Å². The largest absolute Gasteiger partial charge is 0.396 e. The van der Waals surface area contributed by atoms with Gasteiger partial charge in [0, 0.05) is 44.9 Å². The van der Waals surface area contributed by atoms with Gasteiger partial charge >= 0.3 is 0 Å². The lowest BCUT2D eigenvalue weighted by molar-refractivity contribution is 0.0363. The van der Waals surface area contributed by atoms with Crippen molar-refractivity contribution in [3.8, 4) is 0 Å². The molecule has 2 aromatic heterocycles. The van der Waals surface area contributed by atoms with Crippen LogP contribution in [0.2, 0.25) is 0 Å². The summed E-state index contributed by atoms with van der Waals surface area (Å²) in [6, 6.07) is 1.95. The van der Waals surface area contributed by atoms with Crippen LogP contribution in [0.25, 0.3) is 5.65 Å². The zero-order valence-corrected chi connectivity index (χ0v) is 12.4. The monoisotopic (exact) mass is 301 g/mol. The number of carbonyl (C=O) groups excluding carboxylic acids is 1. The first kappa shape index (κ1) is 13.5. The predicted octanol–water partition coefficient (Wildman–Crippen LogP) is 0.394. The molecule has 4 rings (SSSR count). The summed E-state index contributed by atoms with van der Waals surface area (Å²) in [5.41, 5.74) is 1.15. The third kappa shape index (κ3) is 2.12. The SMILES string of the molecule is O=C(c1cnn2ccc(N3CCCC3)nc12)N1CC(CO)C1. The number of rotatable bonds is 3. The number of amides is 1. The van der Waals surface area contributed by atoms with E-state index in [1.807, 2.05) is 12.3 Å². The van der Waals surface area contributed by atoms with Crippen LogP contribution < -0.4 is 4.90 Å². The summed E-state index contributed by atoms with van der Waals surface area (Å²) in [5.74, 6) is 1.07. The van der Waals surface area contributed by atoms with Gasteiger partial charge in [-0.1, -0.05) is 0 Å². The second-order valence-electron chi connectivity index (χ2n) is 6.07. The van der Waals surface area contributed by atoms with Gasteiger partial charge in [-0.05, 0) is 18.9 Å². The third-order valence-electron chi connectivity index (χ3n) is 4.52. The average Bonchev–Trinajstić information content (AvgIpc) is 3.15. The molecule has 0 aromatic carbocycles. The fourth-order valence-corrected chi connectivity index (χ4v) is 3.15. The van der Waals surface area contributed by atoms with Gasteiger partial charge < -0.3 is 14.9 Å². The van der Waals surface area contributed by atoms with Crippen molar-refractivity contribution in [3.63, 3.8) is 0 Å². The topological polar surface area (TPSA) is 74.0 Å². The highest BCUT2D eigenvalue weighted by Gasteiger charge is 2.32. The van der Waals surface area contributed by atoms with E-state index in [0.29, 0.717) is 24.3 Å². The molecule has 0 atom stereocenters. The number of aliphatic hydroxyl groups is 1. The van der Waals surface area contributed by atoms with Crippen LogP contribution in [0.3, 0.4) is 0 Å². The van der Waals surface area contributed by atoms with E-state index < -0.39 is 0 Å². The Balaban J connectivity index is 1.63. The quantitative estimate of drug-likeness (QED) is 0.888. The summed E-state index contributed by atoms with van der Waals surface area (Å²) in [7, 11) is 0. The molecule has 2 saturated heterocycles. The van der Waals surface area contributed by atoms with Crippen LogP contribution in [0.5, 0.6) is 0 Å². The molecular formula is C15H19N5O2. The lowest BCUT2D eigenvalue weighted by Crippen LogP contribution is -2.51. The normalized spacial score (nSPS) is 19.0. The number of likely N-dealkylation sites (tertiary alicyclic amines) is 1. The molecule has 1 N–H and O–H groups in total. The van der Waals surface area contributed by atoms with Crippen LogP contribution >= 0.6 is 0 Å². The van der Waals surface area contributed by atoms with Gasteiger partial charge in [0.05, 0.1) is 6.20 Å². The molecule has 7 heteroatoms. The first-order chi connectivity index (χ1) is 10.8. The van der Waals surface area contributed by atoms with Gasteiger partial charge in [-0.25, -0.2) is 9.50 Å². The van der Waals surface area contributed by atoms with Crippen molar-refractivity contribution in [3.05, 3.63) is 24.0 Å². The number of hydrogen-bond donors (Lipinski definition) is 1. The Labute approximate surface area is 128 Å². The smallest absolute Gasteiger partial charge is 0.259 e. The fourth-order valence-electron chi connectivity index (χ4n) is 3.15. The van der Waals surface area contributed by atoms with Gasteiger partial charge in [0.15, 0.2) is 5.65 Å². The number of fused-ring (bicyclic) bond motifs is 1. The Hall–Kier alpha value is -2.15. The zero-order valence-electron chi connectivity index (χ0n) is 12.4. The van der Waals surface area contributed by atoms with Crippen molar-refractivity contribution in [2.24, 2.45) is 5.92 Å². The van der Waals surface area contributed by atoms with Crippen LogP contribution in [0, 0.1) is 5.92 Å². The minimum absolute atomic E-state index is 0.0502. The van der Waals surface area contributed by atoms with Crippen molar-refractivity contribution in [1.82, 2.24) is 19.5 Å². The maximum atomic E-state index is 12.5. The molecule has 0 bridgehead atoms. The minimum atomic E-state index is -0.0502. The lowest BCUT2D eigenvalue weighted by Gasteiger charge is -2.37. The number of nitrogens with zero attached hydrogens (tertiary/aromatic N) is 5. The zero-order chi connectivity index (χ0) is 15.1. The van der Waals surface area contributed by atoms with Crippen LogP contribution in [0.1, 0.15) is 23.2 Å². The van der Waals surface area contributed by atoms with E-state index in [1.165, 1.54) is 12.8 Å². The van der Waals surface area contributed by atoms with Gasteiger partial charge in [-0.3, -0.25) is 4.79 Å². The van der Waals surface area contributed by atoms with Gasteiger partial charge in [0.25, 0.3) is 5.91 Å². The van der Waals surface area contributed by atoms with Crippen molar-refractivity contribution in [1.29, 1.82) is 0 Å². The van der Waals surface area contributed by atoms with Crippen LogP contribution in [0.4, 0.5) is 5.82 Å². The number of anilines is 1. The first-order valence-electron chi connectivity index (χ1n) is 7.76. The van der Waals surface area contributed by atoms with E-state index in [9.17, 15) is 4.79 Å². The summed E-state index contributed by atoms with van der Waals surface area (Å²) < 4.78 is 1.65. The molecule has 4 heterocycles. The molecule has 2 aromatic rings. The van der Waals surface area contributed by atoms with E-state index in [-0.39, 0.29) is 18.4 Å². The summed E-state index contributed by atoms with van der Waals surface area (Å²) in [4.78, 5) is 21.2. The van der Waals surface area contributed by atoms with Gasteiger partial charge in [0.1, 0.15) is 11.4 Å². The standard InChI is InChI=1S/C15H19N5O2/c21-10-11-8-19(9-11)15(22)12-7-16-20-6-3-13(17-14(12)20)18-4-1-2-5-18/h3,6-7,11,21H,1-2,4-5,8-10H2. The summed E-state index contributed by atoms with van der Waals surface area (Å²) in [6.45, 7) is 3.39. The molecule has 7 nitrogen and oxygen atoms in total. The van der Waals surface area contributed by atoms with Crippen LogP contribution in [0.15, 0.2) is 18.5 Å². The van der Waals surface area contributed by atoms with E-state index in [4.69, 9.17) is 5.11 Å². The maximum absolute atomic E-state index is 12.5. The average molecular weight is 301 g/mol. The molecule has 22 heavy (non-hydrogen) atoms. The Morgan fingerprint density at radius 2 is 2.09 bits per heavy atom. The molecule has 0 aliphatic carbocycles. The van der Waals surface area contributed by atoms with E-state index in [1.54, 1.807) is 15.6 Å². The Kier molecular flexibility index (Phi) is 3.22. The highest BCUT2D eigenvalue weighted by Crippen LogP contribution is 2.22. The molecule has 0 saturated carbocycles. The predicted molar refractivity (Wildman–Crippen MR) is 80.9 cm³/mol. The molecule has 2 fully saturated rings. The Bertz CT molecular complexity index is 701. The second-order valence-corrected chi connectivity index (χ2v) is 6.07. The van der Waals surface area contributed by atoms with E-state index in [2.05, 4.69) is 15.0 Å². The Morgan fingerprint density at radius 1 is 1.32 bits per heavy atom. The number of carbonyl (C=O) groups is 1. The number of aromatic nitrogens is 3. The van der Waals surface area contributed by atoms with Crippen LogP contribution in [-0.4, -0.2) is 63.3 Å². The molecular weight excluding hydrogens is 282 g/mol. The van der Waals surface area contributed by atoms with E-state index >= 15 is 0 Å². The lowest BCUT2D eigenvalue weighted by atomic mass is 10.0. The minimum Gasteiger partial charge on any atom is -0.396 e. The Morgan fingerprint density at radius 3 is 2.82 bits per heavy atom. The summed E-state index contributed by atoms with van der Waals surface area (Å²) in [6.07, 6.45) is 5.83. The molecule has 2 aliphatic rings. The van der Waals surface area contributed by atoms with Gasteiger partial charge in [-0.15, -0.1) is 0 Å². The highest BCUT2D eigenvalue weighted by atomic mass is 16.3. The fraction of sp³-hybridized carbons (Fsp3) is 0.533.